The second-order valence-electron chi connectivity index (χ2n) is 8.82. The molecule has 0 radical (unpaired) electrons. The van der Waals surface area contributed by atoms with Crippen LogP contribution in [-0.4, -0.2) is 52.4 Å². The molecule has 0 amide bonds. The number of halogens is 1. The molecule has 1 fully saturated rings. The fourth-order valence-electron chi connectivity index (χ4n) is 3.90. The van der Waals surface area contributed by atoms with E-state index in [1.807, 2.05) is 36.9 Å². The molecule has 1 aliphatic rings. The first-order valence-corrected chi connectivity index (χ1v) is 12.5. The van der Waals surface area contributed by atoms with E-state index in [0.29, 0.717) is 55.3 Å². The van der Waals surface area contributed by atoms with Gasteiger partial charge in [-0.1, -0.05) is 23.7 Å². The molecule has 0 saturated carbocycles. The molecule has 2 aromatic heterocycles. The van der Waals surface area contributed by atoms with Crippen molar-refractivity contribution in [1.29, 1.82) is 0 Å². The summed E-state index contributed by atoms with van der Waals surface area (Å²) in [5.74, 6) is 2.02. The topological polar surface area (TPSA) is 144 Å². The smallest absolute Gasteiger partial charge is 0.270 e. The highest BCUT2D eigenvalue weighted by Gasteiger charge is 2.17. The summed E-state index contributed by atoms with van der Waals surface area (Å²) in [6.45, 7) is 6.54. The first kappa shape index (κ1) is 26.1. The Bertz CT molecular complexity index is 1530. The molecule has 13 heteroatoms. The third kappa shape index (κ3) is 6.30. The van der Waals surface area contributed by atoms with Gasteiger partial charge in [0.15, 0.2) is 0 Å². The molecule has 0 bridgehead atoms. The van der Waals surface area contributed by atoms with Gasteiger partial charge in [0.1, 0.15) is 11.5 Å². The normalized spacial score (nSPS) is 13.6. The molecule has 1 saturated heterocycles. The van der Waals surface area contributed by atoms with Gasteiger partial charge in [0.25, 0.3) is 5.69 Å². The van der Waals surface area contributed by atoms with Gasteiger partial charge in [0, 0.05) is 36.5 Å². The Balaban J connectivity index is 1.35. The van der Waals surface area contributed by atoms with Crippen LogP contribution in [0, 0.1) is 24.0 Å². The van der Waals surface area contributed by atoms with Gasteiger partial charge >= 0.3 is 0 Å². The number of hydrogen-bond donors (Lipinski definition) is 2. The monoisotopic (exact) mass is 548 g/mol. The van der Waals surface area contributed by atoms with Crippen LogP contribution in [0.25, 0.3) is 11.3 Å². The number of hydrazone groups is 1. The van der Waals surface area contributed by atoms with Gasteiger partial charge in [-0.15, -0.1) is 0 Å². The number of benzene rings is 2. The molecule has 12 nitrogen and oxygen atoms in total. The van der Waals surface area contributed by atoms with Crippen LogP contribution in [0.2, 0.25) is 5.02 Å². The average molecular weight is 549 g/mol. The summed E-state index contributed by atoms with van der Waals surface area (Å²) in [6, 6.07) is 13.7. The number of anilines is 4. The maximum absolute atomic E-state index is 11.0. The van der Waals surface area contributed by atoms with Gasteiger partial charge in [-0.3, -0.25) is 10.1 Å². The Hall–Kier alpha value is -4.55. The summed E-state index contributed by atoms with van der Waals surface area (Å²) < 4.78 is 11.3. The Labute approximate surface area is 228 Å². The van der Waals surface area contributed by atoms with Crippen LogP contribution >= 0.6 is 11.6 Å². The number of morpholine rings is 1. The van der Waals surface area contributed by atoms with Gasteiger partial charge in [0.05, 0.1) is 29.4 Å². The van der Waals surface area contributed by atoms with E-state index in [9.17, 15) is 10.1 Å². The van der Waals surface area contributed by atoms with Crippen molar-refractivity contribution in [2.24, 2.45) is 5.10 Å². The zero-order chi connectivity index (χ0) is 27.4. The molecule has 200 valence electrons. The Kier molecular flexibility index (Phi) is 7.66. The molecule has 2 N–H and O–H groups in total. The van der Waals surface area contributed by atoms with Crippen LogP contribution in [0.1, 0.15) is 16.9 Å². The number of nitrogens with one attached hydrogen (secondary N) is 2. The van der Waals surface area contributed by atoms with Crippen LogP contribution in [0.5, 0.6) is 0 Å². The number of hydrogen-bond acceptors (Lipinski definition) is 11. The molecular formula is C26H25ClN8O4. The summed E-state index contributed by atoms with van der Waals surface area (Å²) in [4.78, 5) is 26.1. The minimum Gasteiger partial charge on any atom is -0.455 e. The second-order valence-corrected chi connectivity index (χ2v) is 9.23. The standard InChI is InChI=1S/C26H25ClN8O4/c1-16-3-4-17(2)22(13-16)29-24-30-25(32-26(31-24)34-9-11-38-12-10-34)33-28-15-19-6-8-23(39-19)20-7-5-18(35(36)37)14-21(20)27/h3-8,13-15H,9-12H2,1-2H3,(H2,29,30,31,32,33)/b28-15-. The predicted molar refractivity (Wildman–Crippen MR) is 149 cm³/mol. The van der Waals surface area contributed by atoms with Crippen LogP contribution < -0.4 is 15.6 Å². The summed E-state index contributed by atoms with van der Waals surface area (Å²) in [6.07, 6.45) is 1.47. The van der Waals surface area contributed by atoms with Crippen molar-refractivity contribution in [3.05, 3.63) is 80.6 Å². The van der Waals surface area contributed by atoms with E-state index >= 15 is 0 Å². The number of rotatable bonds is 8. The highest BCUT2D eigenvalue weighted by molar-refractivity contribution is 6.33. The van der Waals surface area contributed by atoms with E-state index in [0.717, 1.165) is 16.8 Å². The summed E-state index contributed by atoms with van der Waals surface area (Å²) >= 11 is 6.22. The van der Waals surface area contributed by atoms with Gasteiger partial charge in [0.2, 0.25) is 17.8 Å². The fraction of sp³-hybridized carbons (Fsp3) is 0.231. The predicted octanol–water partition coefficient (Wildman–Crippen LogP) is 5.34. The molecule has 0 atom stereocenters. The lowest BCUT2D eigenvalue weighted by atomic mass is 10.1. The summed E-state index contributed by atoms with van der Waals surface area (Å²) in [5.41, 5.74) is 6.36. The molecule has 4 aromatic rings. The van der Waals surface area contributed by atoms with Gasteiger partial charge in [-0.05, 0) is 49.2 Å². The quantitative estimate of drug-likeness (QED) is 0.168. The van der Waals surface area contributed by atoms with Crippen molar-refractivity contribution in [3.63, 3.8) is 0 Å². The number of ether oxygens (including phenoxy) is 1. The minimum atomic E-state index is -0.504. The number of aromatic nitrogens is 3. The highest BCUT2D eigenvalue weighted by Crippen LogP contribution is 2.32. The van der Waals surface area contributed by atoms with Crippen molar-refractivity contribution in [1.82, 2.24) is 15.0 Å². The number of aryl methyl sites for hydroxylation is 2. The second kappa shape index (κ2) is 11.5. The van der Waals surface area contributed by atoms with Gasteiger partial charge in [-0.2, -0.15) is 20.1 Å². The fourth-order valence-corrected chi connectivity index (χ4v) is 4.17. The molecule has 0 aliphatic carbocycles. The molecule has 39 heavy (non-hydrogen) atoms. The zero-order valence-corrected chi connectivity index (χ0v) is 22.0. The molecular weight excluding hydrogens is 524 g/mol. The lowest BCUT2D eigenvalue weighted by molar-refractivity contribution is -0.384. The van der Waals surface area contributed by atoms with Crippen LogP contribution in [0.4, 0.5) is 29.2 Å². The van der Waals surface area contributed by atoms with Crippen molar-refractivity contribution in [2.45, 2.75) is 13.8 Å². The maximum atomic E-state index is 11.0. The van der Waals surface area contributed by atoms with Crippen molar-refractivity contribution >= 4 is 47.0 Å². The minimum absolute atomic E-state index is 0.0958. The zero-order valence-electron chi connectivity index (χ0n) is 21.2. The third-order valence-corrected chi connectivity index (χ3v) is 6.28. The molecule has 2 aromatic carbocycles. The van der Waals surface area contributed by atoms with E-state index in [2.05, 4.69) is 30.8 Å². The van der Waals surface area contributed by atoms with E-state index < -0.39 is 4.92 Å². The van der Waals surface area contributed by atoms with Crippen molar-refractivity contribution in [2.75, 3.05) is 41.9 Å². The van der Waals surface area contributed by atoms with Gasteiger partial charge < -0.3 is 19.4 Å². The number of furan rings is 1. The summed E-state index contributed by atoms with van der Waals surface area (Å²) in [7, 11) is 0. The third-order valence-electron chi connectivity index (χ3n) is 5.97. The summed E-state index contributed by atoms with van der Waals surface area (Å²) in [5, 5.41) is 18.7. The maximum Gasteiger partial charge on any atom is 0.270 e. The SMILES string of the molecule is Cc1ccc(C)c(Nc2nc(N/N=C\c3ccc(-c4ccc([N+](=O)[O-])cc4Cl)o3)nc(N3CCOCC3)n2)c1. The Morgan fingerprint density at radius 1 is 1.05 bits per heavy atom. The van der Waals surface area contributed by atoms with E-state index in [-0.39, 0.29) is 16.7 Å². The Morgan fingerprint density at radius 3 is 2.62 bits per heavy atom. The highest BCUT2D eigenvalue weighted by atomic mass is 35.5. The average Bonchev–Trinajstić information content (AvgIpc) is 3.39. The first-order chi connectivity index (χ1) is 18.9. The number of nitrogens with zero attached hydrogens (tertiary/aromatic N) is 6. The molecule has 0 spiro atoms. The van der Waals surface area contributed by atoms with Crippen LogP contribution in [0.3, 0.4) is 0 Å². The number of nitro benzene ring substituents is 1. The molecule has 1 aliphatic heterocycles. The van der Waals surface area contributed by atoms with Gasteiger partial charge in [-0.25, -0.2) is 5.43 Å². The number of non-ortho nitro benzene ring substituents is 1. The van der Waals surface area contributed by atoms with E-state index in [4.69, 9.17) is 20.8 Å². The molecule has 3 heterocycles. The van der Waals surface area contributed by atoms with Crippen molar-refractivity contribution < 1.29 is 14.1 Å². The van der Waals surface area contributed by atoms with E-state index in [1.54, 1.807) is 18.2 Å². The Morgan fingerprint density at radius 2 is 1.85 bits per heavy atom. The van der Waals surface area contributed by atoms with Crippen LogP contribution in [-0.2, 0) is 4.74 Å². The van der Waals surface area contributed by atoms with Crippen LogP contribution in [0.15, 0.2) is 58.0 Å². The van der Waals surface area contributed by atoms with Crippen molar-refractivity contribution in [3.8, 4) is 11.3 Å². The lowest BCUT2D eigenvalue weighted by Gasteiger charge is -2.27. The largest absolute Gasteiger partial charge is 0.455 e. The molecule has 0 unspecified atom stereocenters. The molecule has 5 rings (SSSR count). The lowest BCUT2D eigenvalue weighted by Crippen LogP contribution is -2.37. The number of nitro groups is 1. The first-order valence-electron chi connectivity index (χ1n) is 12.1. The van der Waals surface area contributed by atoms with E-state index in [1.165, 1.54) is 18.3 Å².